The van der Waals surface area contributed by atoms with Gasteiger partial charge in [0.05, 0.1) is 29.7 Å². The van der Waals surface area contributed by atoms with Gasteiger partial charge in [0.1, 0.15) is 11.6 Å². The summed E-state index contributed by atoms with van der Waals surface area (Å²) >= 11 is 0. The minimum Gasteiger partial charge on any atom is -0.438 e. The Labute approximate surface area is 189 Å². The molecule has 0 fully saturated rings. The lowest BCUT2D eigenvalue weighted by Gasteiger charge is -2.25. The van der Waals surface area contributed by atoms with Crippen molar-refractivity contribution in [3.8, 4) is 17.3 Å². The number of aromatic nitrogens is 2. The molecule has 0 aliphatic carbocycles. The van der Waals surface area contributed by atoms with Crippen molar-refractivity contribution in [2.75, 3.05) is 26.3 Å². The SMILES string of the molecule is CCCN(Cc1c(C)nn(-c2ccccc2)c1Oc1cccc(F)c1)C[C@@H](O)COCC. The number of aliphatic hydroxyl groups excluding tert-OH is 1. The highest BCUT2D eigenvalue weighted by Crippen LogP contribution is 2.32. The Hall–Kier alpha value is -2.74. The first-order valence-corrected chi connectivity index (χ1v) is 11.1. The van der Waals surface area contributed by atoms with Crippen LogP contribution in [0.25, 0.3) is 5.69 Å². The van der Waals surface area contributed by atoms with Gasteiger partial charge < -0.3 is 14.6 Å². The van der Waals surface area contributed by atoms with Gasteiger partial charge >= 0.3 is 0 Å². The first-order chi connectivity index (χ1) is 15.5. The Kier molecular flexibility index (Phi) is 8.79. The molecular formula is C25H32FN3O3. The van der Waals surface area contributed by atoms with Gasteiger partial charge in [-0.05, 0) is 51.1 Å². The smallest absolute Gasteiger partial charge is 0.227 e. The Bertz CT molecular complexity index is 978. The van der Waals surface area contributed by atoms with E-state index in [-0.39, 0.29) is 5.82 Å². The number of halogens is 1. The van der Waals surface area contributed by atoms with Crippen LogP contribution in [0.2, 0.25) is 0 Å². The van der Waals surface area contributed by atoms with Crippen LogP contribution in [0.4, 0.5) is 4.39 Å². The zero-order valence-electron chi connectivity index (χ0n) is 19.0. The van der Waals surface area contributed by atoms with E-state index in [1.165, 1.54) is 12.1 Å². The molecule has 0 unspecified atom stereocenters. The molecule has 0 amide bonds. The van der Waals surface area contributed by atoms with Gasteiger partial charge in [-0.15, -0.1) is 0 Å². The normalized spacial score (nSPS) is 12.3. The Morgan fingerprint density at radius 1 is 1.12 bits per heavy atom. The molecule has 1 aromatic heterocycles. The van der Waals surface area contributed by atoms with Crippen molar-refractivity contribution in [1.82, 2.24) is 14.7 Å². The lowest BCUT2D eigenvalue weighted by Crippen LogP contribution is -2.35. The van der Waals surface area contributed by atoms with E-state index < -0.39 is 6.10 Å². The van der Waals surface area contributed by atoms with Crippen molar-refractivity contribution in [2.24, 2.45) is 0 Å². The van der Waals surface area contributed by atoms with E-state index in [1.807, 2.05) is 44.2 Å². The zero-order chi connectivity index (χ0) is 22.9. The van der Waals surface area contributed by atoms with E-state index in [1.54, 1.807) is 16.8 Å². The minimum absolute atomic E-state index is 0.297. The standard InChI is InChI=1S/C25H32FN3O3/c1-4-14-28(16-22(30)18-31-5-2)17-24-19(3)27-29(21-11-7-6-8-12-21)25(24)32-23-13-9-10-20(26)15-23/h6-13,15,22,30H,4-5,14,16-18H2,1-3H3/t22-/m1/s1. The van der Waals surface area contributed by atoms with Crippen molar-refractivity contribution in [2.45, 2.75) is 39.8 Å². The van der Waals surface area contributed by atoms with Crippen LogP contribution in [-0.2, 0) is 11.3 Å². The summed E-state index contributed by atoms with van der Waals surface area (Å²) in [5.74, 6) is 0.583. The summed E-state index contributed by atoms with van der Waals surface area (Å²) in [7, 11) is 0. The fourth-order valence-corrected chi connectivity index (χ4v) is 3.59. The van der Waals surface area contributed by atoms with Crippen LogP contribution >= 0.6 is 0 Å². The van der Waals surface area contributed by atoms with Crippen LogP contribution in [-0.4, -0.2) is 52.2 Å². The van der Waals surface area contributed by atoms with E-state index in [0.717, 1.165) is 29.9 Å². The minimum atomic E-state index is -0.585. The Morgan fingerprint density at radius 2 is 1.91 bits per heavy atom. The van der Waals surface area contributed by atoms with Crippen LogP contribution in [0, 0.1) is 12.7 Å². The number of benzene rings is 2. The number of aryl methyl sites for hydroxylation is 1. The number of hydrogen-bond donors (Lipinski definition) is 1. The number of hydrogen-bond acceptors (Lipinski definition) is 5. The topological polar surface area (TPSA) is 59.8 Å². The van der Waals surface area contributed by atoms with Gasteiger partial charge in [-0.2, -0.15) is 5.10 Å². The average molecular weight is 442 g/mol. The van der Waals surface area contributed by atoms with Gasteiger partial charge in [-0.3, -0.25) is 4.90 Å². The molecule has 32 heavy (non-hydrogen) atoms. The molecule has 0 bridgehead atoms. The number of aliphatic hydroxyl groups is 1. The molecule has 1 heterocycles. The lowest BCUT2D eigenvalue weighted by molar-refractivity contribution is 0.0195. The summed E-state index contributed by atoms with van der Waals surface area (Å²) in [5.41, 5.74) is 2.57. The molecule has 0 spiro atoms. The molecule has 0 aliphatic rings. The van der Waals surface area contributed by atoms with E-state index >= 15 is 0 Å². The summed E-state index contributed by atoms with van der Waals surface area (Å²) in [6, 6.07) is 15.8. The number of ether oxygens (including phenoxy) is 2. The third-order valence-corrected chi connectivity index (χ3v) is 5.05. The van der Waals surface area contributed by atoms with Gasteiger partial charge in [0.25, 0.3) is 0 Å². The molecule has 0 saturated heterocycles. The summed E-state index contributed by atoms with van der Waals surface area (Å²) in [6.07, 6.45) is 0.353. The molecule has 0 radical (unpaired) electrons. The number of rotatable bonds is 12. The predicted octanol–water partition coefficient (Wildman–Crippen LogP) is 4.72. The van der Waals surface area contributed by atoms with Crippen molar-refractivity contribution in [3.05, 3.63) is 71.7 Å². The van der Waals surface area contributed by atoms with Crippen LogP contribution in [0.15, 0.2) is 54.6 Å². The van der Waals surface area contributed by atoms with E-state index in [0.29, 0.717) is 37.9 Å². The summed E-state index contributed by atoms with van der Waals surface area (Å²) in [6.45, 7) is 8.64. The lowest BCUT2D eigenvalue weighted by atomic mass is 10.2. The molecule has 1 N–H and O–H groups in total. The van der Waals surface area contributed by atoms with Gasteiger partial charge in [0.15, 0.2) is 0 Å². The van der Waals surface area contributed by atoms with Gasteiger partial charge in [0.2, 0.25) is 5.88 Å². The van der Waals surface area contributed by atoms with Crippen molar-refractivity contribution in [1.29, 1.82) is 0 Å². The summed E-state index contributed by atoms with van der Waals surface area (Å²) in [4.78, 5) is 2.17. The van der Waals surface area contributed by atoms with Crippen LogP contribution in [0.3, 0.4) is 0 Å². The van der Waals surface area contributed by atoms with Crippen LogP contribution in [0.5, 0.6) is 11.6 Å². The molecule has 0 saturated carbocycles. The second kappa shape index (κ2) is 11.8. The van der Waals surface area contributed by atoms with Crippen LogP contribution in [0.1, 0.15) is 31.5 Å². The molecule has 0 aliphatic heterocycles. The molecular weight excluding hydrogens is 409 g/mol. The maximum Gasteiger partial charge on any atom is 0.227 e. The van der Waals surface area contributed by atoms with Gasteiger partial charge in [-0.25, -0.2) is 9.07 Å². The van der Waals surface area contributed by atoms with E-state index in [2.05, 4.69) is 11.8 Å². The van der Waals surface area contributed by atoms with Crippen molar-refractivity contribution < 1.29 is 19.0 Å². The largest absolute Gasteiger partial charge is 0.438 e. The van der Waals surface area contributed by atoms with Crippen molar-refractivity contribution in [3.63, 3.8) is 0 Å². The molecule has 2 aromatic carbocycles. The highest BCUT2D eigenvalue weighted by molar-refractivity contribution is 5.43. The monoisotopic (exact) mass is 441 g/mol. The third-order valence-electron chi connectivity index (χ3n) is 5.05. The Morgan fingerprint density at radius 3 is 2.59 bits per heavy atom. The predicted molar refractivity (Wildman–Crippen MR) is 123 cm³/mol. The fraction of sp³-hybridized carbons (Fsp3) is 0.400. The first-order valence-electron chi connectivity index (χ1n) is 11.1. The quantitative estimate of drug-likeness (QED) is 0.441. The molecule has 3 aromatic rings. The highest BCUT2D eigenvalue weighted by atomic mass is 19.1. The summed E-state index contributed by atoms with van der Waals surface area (Å²) < 4.78 is 27.1. The van der Waals surface area contributed by atoms with Gasteiger partial charge in [0, 0.05) is 25.8 Å². The first kappa shape index (κ1) is 23.9. The molecule has 6 nitrogen and oxygen atoms in total. The fourth-order valence-electron chi connectivity index (χ4n) is 3.59. The Balaban J connectivity index is 1.95. The second-order valence-electron chi connectivity index (χ2n) is 7.72. The number of para-hydroxylation sites is 1. The van der Waals surface area contributed by atoms with E-state index in [9.17, 15) is 9.50 Å². The molecule has 1 atom stereocenters. The highest BCUT2D eigenvalue weighted by Gasteiger charge is 2.22. The maximum atomic E-state index is 13.8. The van der Waals surface area contributed by atoms with E-state index in [4.69, 9.17) is 14.6 Å². The second-order valence-corrected chi connectivity index (χ2v) is 7.72. The van der Waals surface area contributed by atoms with Gasteiger partial charge in [-0.1, -0.05) is 31.2 Å². The third kappa shape index (κ3) is 6.38. The molecule has 7 heteroatoms. The molecule has 172 valence electrons. The zero-order valence-corrected chi connectivity index (χ0v) is 19.0. The summed E-state index contributed by atoms with van der Waals surface area (Å²) in [5, 5.41) is 15.1. The molecule has 3 rings (SSSR count). The maximum absolute atomic E-state index is 13.8. The number of nitrogens with zero attached hydrogens (tertiary/aromatic N) is 3. The van der Waals surface area contributed by atoms with Crippen LogP contribution < -0.4 is 4.74 Å². The van der Waals surface area contributed by atoms with Crippen molar-refractivity contribution >= 4 is 0 Å². The average Bonchev–Trinajstić information content (AvgIpc) is 3.08.